The first-order valence-electron chi connectivity index (χ1n) is 6.53. The minimum Gasteiger partial charge on any atom is -0.322 e. The van der Waals surface area contributed by atoms with Crippen LogP contribution in [0.15, 0.2) is 16.6 Å². The second-order valence-electron chi connectivity index (χ2n) is 5.12. The fourth-order valence-corrected chi connectivity index (χ4v) is 3.82. The van der Waals surface area contributed by atoms with E-state index in [1.54, 1.807) is 11.0 Å². The Morgan fingerprint density at radius 2 is 2.05 bits per heavy atom. The highest BCUT2D eigenvalue weighted by atomic mass is 79.9. The van der Waals surface area contributed by atoms with E-state index in [1.807, 2.05) is 6.07 Å². The first-order valence-corrected chi connectivity index (χ1v) is 8.44. The molecule has 0 saturated carbocycles. The fourth-order valence-electron chi connectivity index (χ4n) is 2.82. The SMILES string of the molecule is O=C1CCC(N2Cc3c(CBr)cc(Br)cc3C2=O)C(=O)N1. The molecule has 21 heavy (non-hydrogen) atoms. The van der Waals surface area contributed by atoms with Crippen LogP contribution in [0, 0.1) is 0 Å². The quantitative estimate of drug-likeness (QED) is 0.594. The summed E-state index contributed by atoms with van der Waals surface area (Å²) in [6, 6.07) is 3.19. The van der Waals surface area contributed by atoms with Crippen LogP contribution in [0.3, 0.4) is 0 Å². The van der Waals surface area contributed by atoms with Crippen molar-refractivity contribution >= 4 is 49.6 Å². The molecular weight excluding hydrogens is 404 g/mol. The zero-order valence-electron chi connectivity index (χ0n) is 11.0. The van der Waals surface area contributed by atoms with Crippen molar-refractivity contribution in [2.45, 2.75) is 30.8 Å². The van der Waals surface area contributed by atoms with Gasteiger partial charge in [0.1, 0.15) is 6.04 Å². The number of halogens is 2. The number of carbonyl (C=O) groups excluding carboxylic acids is 3. The van der Waals surface area contributed by atoms with Gasteiger partial charge in [0.15, 0.2) is 0 Å². The summed E-state index contributed by atoms with van der Waals surface area (Å²) in [5.74, 6) is -0.806. The lowest BCUT2D eigenvalue weighted by molar-refractivity contribution is -0.136. The highest BCUT2D eigenvalue weighted by Crippen LogP contribution is 2.33. The van der Waals surface area contributed by atoms with E-state index in [0.29, 0.717) is 23.9 Å². The van der Waals surface area contributed by atoms with Crippen LogP contribution in [0.5, 0.6) is 0 Å². The van der Waals surface area contributed by atoms with E-state index in [4.69, 9.17) is 0 Å². The van der Waals surface area contributed by atoms with Gasteiger partial charge in [0.05, 0.1) is 0 Å². The van der Waals surface area contributed by atoms with E-state index in [2.05, 4.69) is 37.2 Å². The van der Waals surface area contributed by atoms with Gasteiger partial charge < -0.3 is 4.90 Å². The Morgan fingerprint density at radius 1 is 1.29 bits per heavy atom. The molecule has 1 saturated heterocycles. The number of rotatable bonds is 2. The Bertz CT molecular complexity index is 660. The number of hydrogen-bond donors (Lipinski definition) is 1. The zero-order chi connectivity index (χ0) is 15.1. The summed E-state index contributed by atoms with van der Waals surface area (Å²) in [6.45, 7) is 0.411. The summed E-state index contributed by atoms with van der Waals surface area (Å²) in [7, 11) is 0. The van der Waals surface area contributed by atoms with Gasteiger partial charge in [-0.05, 0) is 29.7 Å². The average Bonchev–Trinajstić information content (AvgIpc) is 2.76. The van der Waals surface area contributed by atoms with Gasteiger partial charge in [-0.2, -0.15) is 0 Å². The van der Waals surface area contributed by atoms with Crippen molar-refractivity contribution in [1.82, 2.24) is 10.2 Å². The molecule has 1 N–H and O–H groups in total. The van der Waals surface area contributed by atoms with Gasteiger partial charge in [0, 0.05) is 28.3 Å². The molecule has 2 heterocycles. The predicted octanol–water partition coefficient (Wildman–Crippen LogP) is 2.10. The number of fused-ring (bicyclic) bond motifs is 1. The molecule has 0 aliphatic carbocycles. The molecule has 0 bridgehead atoms. The largest absolute Gasteiger partial charge is 0.322 e. The minimum absolute atomic E-state index is 0.150. The van der Waals surface area contributed by atoms with Crippen LogP contribution in [0.4, 0.5) is 0 Å². The van der Waals surface area contributed by atoms with Crippen molar-refractivity contribution in [3.63, 3.8) is 0 Å². The number of alkyl halides is 1. The maximum absolute atomic E-state index is 12.6. The molecule has 1 aromatic rings. The highest BCUT2D eigenvalue weighted by molar-refractivity contribution is 9.10. The molecule has 5 nitrogen and oxygen atoms in total. The number of amides is 3. The lowest BCUT2D eigenvalue weighted by Crippen LogP contribution is -2.52. The Morgan fingerprint density at radius 3 is 2.71 bits per heavy atom. The van der Waals surface area contributed by atoms with Crippen molar-refractivity contribution in [3.05, 3.63) is 33.3 Å². The van der Waals surface area contributed by atoms with Gasteiger partial charge in [-0.15, -0.1) is 0 Å². The summed E-state index contributed by atoms with van der Waals surface area (Å²) in [6.07, 6.45) is 0.654. The van der Waals surface area contributed by atoms with Crippen molar-refractivity contribution in [1.29, 1.82) is 0 Å². The summed E-state index contributed by atoms with van der Waals surface area (Å²) in [4.78, 5) is 37.3. The van der Waals surface area contributed by atoms with E-state index in [9.17, 15) is 14.4 Å². The molecule has 3 amide bonds. The van der Waals surface area contributed by atoms with Crippen molar-refractivity contribution < 1.29 is 14.4 Å². The van der Waals surface area contributed by atoms with Crippen molar-refractivity contribution in [2.75, 3.05) is 0 Å². The molecule has 1 aromatic carbocycles. The van der Waals surface area contributed by atoms with Gasteiger partial charge in [-0.25, -0.2) is 0 Å². The van der Waals surface area contributed by atoms with E-state index >= 15 is 0 Å². The first kappa shape index (κ1) is 14.7. The standard InChI is InChI=1S/C14H12Br2N2O3/c15-5-7-3-8(16)4-9-10(7)6-18(14(9)21)11-1-2-12(19)17-13(11)20/h3-4,11H,1-2,5-6H2,(H,17,19,20). The first-order chi connectivity index (χ1) is 10.0. The Kier molecular flexibility index (Phi) is 3.88. The van der Waals surface area contributed by atoms with Crippen LogP contribution >= 0.6 is 31.9 Å². The monoisotopic (exact) mass is 414 g/mol. The molecule has 7 heteroatoms. The molecule has 1 unspecified atom stereocenters. The summed E-state index contributed by atoms with van der Waals surface area (Å²) in [5.41, 5.74) is 2.61. The molecule has 1 fully saturated rings. The topological polar surface area (TPSA) is 66.5 Å². The van der Waals surface area contributed by atoms with Gasteiger partial charge in [0.25, 0.3) is 5.91 Å². The fraction of sp³-hybridized carbons (Fsp3) is 0.357. The van der Waals surface area contributed by atoms with Crippen LogP contribution in [-0.2, 0) is 21.5 Å². The van der Waals surface area contributed by atoms with E-state index in [-0.39, 0.29) is 24.1 Å². The third kappa shape index (κ3) is 2.53. The van der Waals surface area contributed by atoms with Crippen LogP contribution < -0.4 is 5.32 Å². The molecule has 0 radical (unpaired) electrons. The van der Waals surface area contributed by atoms with E-state index in [1.165, 1.54) is 0 Å². The number of hydrogen-bond acceptors (Lipinski definition) is 3. The van der Waals surface area contributed by atoms with Gasteiger partial charge in [-0.3, -0.25) is 19.7 Å². The second kappa shape index (κ2) is 5.53. The average molecular weight is 416 g/mol. The summed E-state index contributed by atoms with van der Waals surface area (Å²) < 4.78 is 0.842. The van der Waals surface area contributed by atoms with E-state index in [0.717, 1.165) is 15.6 Å². The van der Waals surface area contributed by atoms with Crippen LogP contribution in [0.2, 0.25) is 0 Å². The van der Waals surface area contributed by atoms with Crippen LogP contribution in [-0.4, -0.2) is 28.7 Å². The summed E-state index contributed by atoms with van der Waals surface area (Å²) >= 11 is 6.83. The number of imide groups is 1. The summed E-state index contributed by atoms with van der Waals surface area (Å²) in [5, 5.41) is 2.95. The van der Waals surface area contributed by atoms with Gasteiger partial charge >= 0.3 is 0 Å². The van der Waals surface area contributed by atoms with Crippen molar-refractivity contribution in [3.8, 4) is 0 Å². The lowest BCUT2D eigenvalue weighted by Gasteiger charge is -2.29. The second-order valence-corrected chi connectivity index (χ2v) is 6.60. The zero-order valence-corrected chi connectivity index (χ0v) is 14.2. The molecule has 3 rings (SSSR count). The number of nitrogens with zero attached hydrogens (tertiary/aromatic N) is 1. The maximum Gasteiger partial charge on any atom is 0.255 e. The normalized spacial score (nSPS) is 21.5. The number of nitrogens with one attached hydrogen (secondary N) is 1. The highest BCUT2D eigenvalue weighted by Gasteiger charge is 2.39. The molecule has 1 atom stereocenters. The maximum atomic E-state index is 12.6. The van der Waals surface area contributed by atoms with Crippen LogP contribution in [0.1, 0.15) is 34.3 Å². The lowest BCUT2D eigenvalue weighted by atomic mass is 10.0. The van der Waals surface area contributed by atoms with Crippen molar-refractivity contribution in [2.24, 2.45) is 0 Å². The smallest absolute Gasteiger partial charge is 0.255 e. The Balaban J connectivity index is 1.93. The number of benzene rings is 1. The molecule has 2 aliphatic rings. The third-order valence-corrected chi connectivity index (χ3v) is 4.92. The van der Waals surface area contributed by atoms with Gasteiger partial charge in [0.2, 0.25) is 11.8 Å². The molecule has 110 valence electrons. The third-order valence-electron chi connectivity index (χ3n) is 3.86. The van der Waals surface area contributed by atoms with E-state index < -0.39 is 6.04 Å². The molecule has 2 aliphatic heterocycles. The number of piperidine rings is 1. The minimum atomic E-state index is -0.565. The Labute approximate surface area is 138 Å². The number of carbonyl (C=O) groups is 3. The molecular formula is C14H12Br2N2O3. The predicted molar refractivity (Wildman–Crippen MR) is 82.8 cm³/mol. The Hall–Kier alpha value is -1.21. The molecule has 0 aromatic heterocycles. The van der Waals surface area contributed by atoms with Crippen LogP contribution in [0.25, 0.3) is 0 Å². The van der Waals surface area contributed by atoms with Gasteiger partial charge in [-0.1, -0.05) is 31.9 Å². The molecule has 0 spiro atoms.